The summed E-state index contributed by atoms with van der Waals surface area (Å²) in [6, 6.07) is 26.5. The molecular formula is C31H40N2O2S. The molecule has 0 radical (unpaired) electrons. The second-order valence-corrected chi connectivity index (χ2v) is 11.9. The third-order valence-electron chi connectivity index (χ3n) is 7.39. The van der Waals surface area contributed by atoms with E-state index < -0.39 is 16.1 Å². The van der Waals surface area contributed by atoms with Crippen LogP contribution in [0, 0.1) is 12.8 Å². The summed E-state index contributed by atoms with van der Waals surface area (Å²) in [6.07, 6.45) is 10.6. The lowest BCUT2D eigenvalue weighted by Crippen LogP contribution is -2.39. The molecule has 2 unspecified atom stereocenters. The van der Waals surface area contributed by atoms with Gasteiger partial charge in [0.2, 0.25) is 10.0 Å². The molecule has 1 saturated carbocycles. The SMILES string of the molecule is Cc1ccc(S(=O)(=O)NC(c2ccccc2)C(NCCCCC2CCCCC2)c2ccccc2)cc1. The predicted octanol–water partition coefficient (Wildman–Crippen LogP) is 7.10. The Hall–Kier alpha value is -2.47. The largest absolute Gasteiger partial charge is 0.308 e. The van der Waals surface area contributed by atoms with Crippen LogP contribution in [0.4, 0.5) is 0 Å². The molecule has 3 aromatic carbocycles. The molecule has 2 atom stereocenters. The van der Waals surface area contributed by atoms with Gasteiger partial charge in [0, 0.05) is 0 Å². The minimum atomic E-state index is -3.72. The maximum absolute atomic E-state index is 13.5. The Balaban J connectivity index is 1.53. The third kappa shape index (κ3) is 7.52. The van der Waals surface area contributed by atoms with Gasteiger partial charge in [0.15, 0.2) is 0 Å². The van der Waals surface area contributed by atoms with E-state index in [1.807, 2.05) is 67.6 Å². The van der Waals surface area contributed by atoms with E-state index in [0.29, 0.717) is 0 Å². The summed E-state index contributed by atoms with van der Waals surface area (Å²) in [6.45, 7) is 2.81. The van der Waals surface area contributed by atoms with E-state index in [-0.39, 0.29) is 10.9 Å². The maximum atomic E-state index is 13.5. The fourth-order valence-electron chi connectivity index (χ4n) is 5.32. The number of sulfonamides is 1. The Morgan fingerprint density at radius 1 is 0.750 bits per heavy atom. The first-order valence-corrected chi connectivity index (χ1v) is 14.9. The quantitative estimate of drug-likeness (QED) is 0.259. The van der Waals surface area contributed by atoms with Gasteiger partial charge in [-0.15, -0.1) is 0 Å². The van der Waals surface area contributed by atoms with Crippen molar-refractivity contribution in [3.05, 3.63) is 102 Å². The van der Waals surface area contributed by atoms with Gasteiger partial charge in [0.25, 0.3) is 0 Å². The third-order valence-corrected chi connectivity index (χ3v) is 8.85. The fourth-order valence-corrected chi connectivity index (χ4v) is 6.56. The van der Waals surface area contributed by atoms with E-state index in [0.717, 1.165) is 35.6 Å². The summed E-state index contributed by atoms with van der Waals surface area (Å²) >= 11 is 0. The smallest absolute Gasteiger partial charge is 0.241 e. The summed E-state index contributed by atoms with van der Waals surface area (Å²) in [5.41, 5.74) is 3.05. The highest BCUT2D eigenvalue weighted by Gasteiger charge is 2.29. The van der Waals surface area contributed by atoms with Crippen molar-refractivity contribution in [3.63, 3.8) is 0 Å². The maximum Gasteiger partial charge on any atom is 0.241 e. The van der Waals surface area contributed by atoms with E-state index in [2.05, 4.69) is 22.2 Å². The van der Waals surface area contributed by atoms with Gasteiger partial charge in [-0.3, -0.25) is 0 Å². The van der Waals surface area contributed by atoms with Gasteiger partial charge in [-0.05, 0) is 49.1 Å². The Kier molecular flexibility index (Phi) is 9.74. The van der Waals surface area contributed by atoms with Crippen molar-refractivity contribution in [1.29, 1.82) is 0 Å². The van der Waals surface area contributed by atoms with E-state index in [1.54, 1.807) is 12.1 Å². The van der Waals surface area contributed by atoms with Crippen molar-refractivity contribution < 1.29 is 8.42 Å². The zero-order valence-corrected chi connectivity index (χ0v) is 22.2. The second-order valence-electron chi connectivity index (χ2n) is 10.2. The molecule has 0 amide bonds. The van der Waals surface area contributed by atoms with Crippen LogP contribution in [0.25, 0.3) is 0 Å². The second kappa shape index (κ2) is 13.2. The van der Waals surface area contributed by atoms with Crippen molar-refractivity contribution in [2.45, 2.75) is 75.3 Å². The molecule has 0 spiro atoms. The summed E-state index contributed by atoms with van der Waals surface area (Å²) in [5.74, 6) is 0.891. The number of rotatable bonds is 12. The molecule has 4 nitrogen and oxygen atoms in total. The highest BCUT2D eigenvalue weighted by Crippen LogP contribution is 2.31. The molecular weight excluding hydrogens is 464 g/mol. The minimum Gasteiger partial charge on any atom is -0.308 e. The molecule has 2 N–H and O–H groups in total. The molecule has 0 bridgehead atoms. The van der Waals surface area contributed by atoms with E-state index in [1.165, 1.54) is 44.9 Å². The van der Waals surface area contributed by atoms with Crippen LogP contribution in [0.2, 0.25) is 0 Å². The normalized spacial score (nSPS) is 16.5. The zero-order valence-electron chi connectivity index (χ0n) is 21.4. The van der Waals surface area contributed by atoms with Crippen molar-refractivity contribution in [1.82, 2.24) is 10.0 Å². The standard InChI is InChI=1S/C31H40N2O2S/c1-25-20-22-29(23-21-25)36(34,35)33-31(28-18-9-4-10-19-28)30(27-16-7-3-8-17-27)32-24-12-11-15-26-13-5-2-6-14-26/h3-4,7-10,16-23,26,30-33H,2,5-6,11-15,24H2,1H3. The molecule has 1 fully saturated rings. The molecule has 1 aliphatic carbocycles. The van der Waals surface area contributed by atoms with Gasteiger partial charge in [-0.2, -0.15) is 0 Å². The van der Waals surface area contributed by atoms with Gasteiger partial charge >= 0.3 is 0 Å². The Morgan fingerprint density at radius 3 is 1.94 bits per heavy atom. The lowest BCUT2D eigenvalue weighted by molar-refractivity contribution is 0.326. The van der Waals surface area contributed by atoms with Gasteiger partial charge in [-0.25, -0.2) is 13.1 Å². The van der Waals surface area contributed by atoms with Gasteiger partial charge in [0.1, 0.15) is 0 Å². The Morgan fingerprint density at radius 2 is 1.33 bits per heavy atom. The molecule has 36 heavy (non-hydrogen) atoms. The van der Waals surface area contributed by atoms with Crippen LogP contribution >= 0.6 is 0 Å². The van der Waals surface area contributed by atoms with E-state index in [9.17, 15) is 8.42 Å². The molecule has 5 heteroatoms. The van der Waals surface area contributed by atoms with E-state index in [4.69, 9.17) is 0 Å². The first kappa shape index (κ1) is 26.6. The number of hydrogen-bond donors (Lipinski definition) is 2. The number of benzene rings is 3. The molecule has 0 aromatic heterocycles. The first-order chi connectivity index (χ1) is 17.5. The molecule has 192 valence electrons. The summed E-state index contributed by atoms with van der Waals surface area (Å²) in [4.78, 5) is 0.285. The van der Waals surface area contributed by atoms with Crippen LogP contribution in [0.15, 0.2) is 89.8 Å². The van der Waals surface area contributed by atoms with Gasteiger partial charge in [-0.1, -0.05) is 123 Å². The summed E-state index contributed by atoms with van der Waals surface area (Å²) in [5, 5.41) is 3.73. The van der Waals surface area contributed by atoms with Crippen molar-refractivity contribution in [2.75, 3.05) is 6.54 Å². The predicted molar refractivity (Wildman–Crippen MR) is 148 cm³/mol. The molecule has 1 aliphatic rings. The highest BCUT2D eigenvalue weighted by molar-refractivity contribution is 7.89. The number of aryl methyl sites for hydroxylation is 1. The highest BCUT2D eigenvalue weighted by atomic mass is 32.2. The molecule has 4 rings (SSSR count). The fraction of sp³-hybridized carbons (Fsp3) is 0.419. The molecule has 0 aliphatic heterocycles. The monoisotopic (exact) mass is 504 g/mol. The van der Waals surface area contributed by atoms with Crippen molar-refractivity contribution >= 4 is 10.0 Å². The van der Waals surface area contributed by atoms with Gasteiger partial charge < -0.3 is 5.32 Å². The summed E-state index contributed by atoms with van der Waals surface area (Å²) in [7, 11) is -3.72. The Labute approximate surface area is 217 Å². The van der Waals surface area contributed by atoms with Crippen LogP contribution in [-0.4, -0.2) is 15.0 Å². The van der Waals surface area contributed by atoms with E-state index >= 15 is 0 Å². The average Bonchev–Trinajstić information content (AvgIpc) is 2.91. The van der Waals surface area contributed by atoms with Crippen LogP contribution in [-0.2, 0) is 10.0 Å². The number of unbranched alkanes of at least 4 members (excludes halogenated alkanes) is 1. The van der Waals surface area contributed by atoms with Crippen LogP contribution in [0.5, 0.6) is 0 Å². The first-order valence-electron chi connectivity index (χ1n) is 13.5. The number of hydrogen-bond acceptors (Lipinski definition) is 3. The topological polar surface area (TPSA) is 58.2 Å². The average molecular weight is 505 g/mol. The van der Waals surface area contributed by atoms with Crippen molar-refractivity contribution in [2.24, 2.45) is 5.92 Å². The molecule has 3 aromatic rings. The number of nitrogens with one attached hydrogen (secondary N) is 2. The summed E-state index contributed by atoms with van der Waals surface area (Å²) < 4.78 is 30.0. The van der Waals surface area contributed by atoms with Crippen LogP contribution in [0.1, 0.15) is 80.1 Å². The van der Waals surface area contributed by atoms with Crippen LogP contribution < -0.4 is 10.0 Å². The minimum absolute atomic E-state index is 0.191. The molecule has 0 saturated heterocycles. The Bertz CT molecular complexity index is 1140. The lowest BCUT2D eigenvalue weighted by Gasteiger charge is -2.30. The molecule has 0 heterocycles. The lowest BCUT2D eigenvalue weighted by atomic mass is 9.86. The van der Waals surface area contributed by atoms with Crippen LogP contribution in [0.3, 0.4) is 0 Å². The zero-order chi connectivity index (χ0) is 25.2. The van der Waals surface area contributed by atoms with Gasteiger partial charge in [0.05, 0.1) is 17.0 Å². The van der Waals surface area contributed by atoms with Crippen molar-refractivity contribution in [3.8, 4) is 0 Å².